The van der Waals surface area contributed by atoms with Crippen LogP contribution in [0.3, 0.4) is 0 Å². The fraction of sp³-hybridized carbons (Fsp3) is 0.467. The van der Waals surface area contributed by atoms with Gasteiger partial charge in [-0.25, -0.2) is 14.8 Å². The molecule has 3 heterocycles. The van der Waals surface area contributed by atoms with Crippen molar-refractivity contribution in [3.8, 4) is 11.4 Å². The molecular weight excluding hydrogens is 586 g/mol. The van der Waals surface area contributed by atoms with Gasteiger partial charge in [-0.1, -0.05) is 36.4 Å². The molecule has 41 heavy (non-hydrogen) atoms. The number of nitrogens with two attached hydrogens (primary N) is 1. The van der Waals surface area contributed by atoms with Crippen LogP contribution in [0.1, 0.15) is 32.8 Å². The van der Waals surface area contributed by atoms with Gasteiger partial charge in [0.05, 0.1) is 16.1 Å². The van der Waals surface area contributed by atoms with Crippen LogP contribution in [0.4, 0.5) is 10.5 Å². The van der Waals surface area contributed by atoms with Gasteiger partial charge in [0.25, 0.3) is 0 Å². The number of fused-ring (bicyclic) bond motifs is 3. The number of benzene rings is 1. The van der Waals surface area contributed by atoms with Crippen molar-refractivity contribution < 1.29 is 14.3 Å². The number of primary amides is 1. The van der Waals surface area contributed by atoms with E-state index >= 15 is 0 Å². The smallest absolute Gasteiger partial charge is 0.410 e. The molecule has 0 spiro atoms. The summed E-state index contributed by atoms with van der Waals surface area (Å²) in [7, 11) is 0. The second-order valence-corrected chi connectivity index (χ2v) is 13.1. The number of hydrogen-bond donors (Lipinski definition) is 3. The molecule has 216 valence electrons. The first-order valence-electron chi connectivity index (χ1n) is 14.1. The Morgan fingerprint density at radius 2 is 1.83 bits per heavy atom. The Balaban J connectivity index is 1.13. The lowest BCUT2D eigenvalue weighted by molar-refractivity contribution is -0.122. The monoisotopic (exact) mass is 621 g/mol. The summed E-state index contributed by atoms with van der Waals surface area (Å²) in [5, 5.41) is 3.61. The highest BCUT2D eigenvalue weighted by Crippen LogP contribution is 2.46. The Hall–Kier alpha value is -3.44. The maximum absolute atomic E-state index is 12.4. The summed E-state index contributed by atoms with van der Waals surface area (Å²) < 4.78 is 6.31. The zero-order valence-electron chi connectivity index (χ0n) is 23.6. The lowest BCUT2D eigenvalue weighted by Gasteiger charge is -2.35. The van der Waals surface area contributed by atoms with Gasteiger partial charge >= 0.3 is 6.09 Å². The second-order valence-electron chi connectivity index (χ2n) is 12.3. The summed E-state index contributed by atoms with van der Waals surface area (Å²) in [5.41, 5.74) is 9.69. The highest BCUT2D eigenvalue weighted by molar-refractivity contribution is 9.10. The molecular formula is C30H36BrN7O3. The zero-order valence-corrected chi connectivity index (χ0v) is 25.1. The quantitative estimate of drug-likeness (QED) is 0.345. The molecule has 3 aliphatic rings. The number of piperazine rings is 1. The number of nitrogens with one attached hydrogen (secondary N) is 2. The van der Waals surface area contributed by atoms with Gasteiger partial charge < -0.3 is 25.7 Å². The first-order chi connectivity index (χ1) is 19.6. The number of pyridine rings is 1. The lowest BCUT2D eigenvalue weighted by Crippen LogP contribution is -2.49. The summed E-state index contributed by atoms with van der Waals surface area (Å²) in [6.45, 7) is 9.39. The summed E-state index contributed by atoms with van der Waals surface area (Å²) in [5.74, 6) is 0.676. The van der Waals surface area contributed by atoms with Crippen LogP contribution in [0.5, 0.6) is 0 Å². The number of hydrogen-bond acceptors (Lipinski definition) is 7. The summed E-state index contributed by atoms with van der Waals surface area (Å²) in [4.78, 5) is 41.5. The van der Waals surface area contributed by atoms with Crippen molar-refractivity contribution in [3.63, 3.8) is 0 Å². The number of amides is 2. The third-order valence-electron chi connectivity index (χ3n) is 8.23. The normalized spacial score (nSPS) is 24.2. The summed E-state index contributed by atoms with van der Waals surface area (Å²) in [6, 6.07) is 8.29. The SMILES string of the molecule is CC(C)(C)OC(=O)N1CCN(Cc2ccc(-c3nc4ncc(Br)c(N[C@H]5[C@@H](C(N)=O)[C@@H]6C=C[C@H]5C6)c4[nH]3)cc2)CC1. The number of aromatic nitrogens is 3. The van der Waals surface area contributed by atoms with Crippen molar-refractivity contribution in [2.45, 2.75) is 45.4 Å². The molecule has 3 aromatic rings. The first kappa shape index (κ1) is 27.7. The Bertz CT molecular complexity index is 1490. The van der Waals surface area contributed by atoms with Crippen LogP contribution in [0, 0.1) is 17.8 Å². The molecule has 4 N–H and O–H groups in total. The van der Waals surface area contributed by atoms with E-state index in [2.05, 4.69) is 72.5 Å². The minimum atomic E-state index is -0.484. The molecule has 11 heteroatoms. The van der Waals surface area contributed by atoms with Crippen molar-refractivity contribution in [1.82, 2.24) is 24.8 Å². The van der Waals surface area contributed by atoms with Gasteiger partial charge in [-0.05, 0) is 60.5 Å². The van der Waals surface area contributed by atoms with Crippen LogP contribution in [-0.2, 0) is 16.1 Å². The van der Waals surface area contributed by atoms with Gasteiger partial charge in [-0.15, -0.1) is 0 Å². The summed E-state index contributed by atoms with van der Waals surface area (Å²) in [6.07, 6.45) is 6.75. The fourth-order valence-electron chi connectivity index (χ4n) is 6.23. The van der Waals surface area contributed by atoms with Crippen LogP contribution < -0.4 is 11.1 Å². The van der Waals surface area contributed by atoms with E-state index in [-0.39, 0.29) is 35.8 Å². The number of nitrogens with zero attached hydrogens (tertiary/aromatic N) is 4. The molecule has 2 fully saturated rings. The zero-order chi connectivity index (χ0) is 28.9. The summed E-state index contributed by atoms with van der Waals surface area (Å²) >= 11 is 3.64. The van der Waals surface area contributed by atoms with Crippen molar-refractivity contribution in [1.29, 1.82) is 0 Å². The van der Waals surface area contributed by atoms with Crippen LogP contribution >= 0.6 is 15.9 Å². The van der Waals surface area contributed by atoms with Gasteiger partial charge in [0.15, 0.2) is 5.65 Å². The predicted molar refractivity (Wildman–Crippen MR) is 161 cm³/mol. The number of halogens is 1. The van der Waals surface area contributed by atoms with E-state index in [1.165, 1.54) is 5.56 Å². The number of H-pyrrole nitrogens is 1. The number of allylic oxidation sites excluding steroid dienone is 1. The van der Waals surface area contributed by atoms with Crippen molar-refractivity contribution in [2.24, 2.45) is 23.5 Å². The first-order valence-corrected chi connectivity index (χ1v) is 14.9. The van der Waals surface area contributed by atoms with Crippen LogP contribution in [0.2, 0.25) is 0 Å². The molecule has 1 aliphatic heterocycles. The number of carbonyl (C=O) groups excluding carboxylic acids is 2. The van der Waals surface area contributed by atoms with E-state index in [0.29, 0.717) is 18.7 Å². The van der Waals surface area contributed by atoms with Crippen LogP contribution in [0.25, 0.3) is 22.6 Å². The molecule has 2 bridgehead atoms. The number of anilines is 1. The average molecular weight is 623 g/mol. The minimum Gasteiger partial charge on any atom is -0.444 e. The maximum atomic E-state index is 12.4. The van der Waals surface area contributed by atoms with Gasteiger partial charge in [-0.2, -0.15) is 0 Å². The number of ether oxygens (including phenoxy) is 1. The molecule has 2 aromatic heterocycles. The van der Waals surface area contributed by atoms with Crippen molar-refractivity contribution in [3.05, 3.63) is 52.7 Å². The minimum absolute atomic E-state index is 0.0681. The molecule has 2 aliphatic carbocycles. The fourth-order valence-corrected chi connectivity index (χ4v) is 6.64. The largest absolute Gasteiger partial charge is 0.444 e. The highest BCUT2D eigenvalue weighted by atomic mass is 79.9. The molecule has 2 amide bonds. The van der Waals surface area contributed by atoms with Crippen molar-refractivity contribution >= 4 is 44.8 Å². The molecule has 1 saturated heterocycles. The topological polar surface area (TPSA) is 129 Å². The van der Waals surface area contributed by atoms with E-state index in [9.17, 15) is 9.59 Å². The highest BCUT2D eigenvalue weighted by Gasteiger charge is 2.47. The molecule has 6 rings (SSSR count). The average Bonchev–Trinajstić information content (AvgIpc) is 3.65. The Morgan fingerprint density at radius 3 is 2.51 bits per heavy atom. The predicted octanol–water partition coefficient (Wildman–Crippen LogP) is 4.53. The van der Waals surface area contributed by atoms with E-state index in [1.54, 1.807) is 11.1 Å². The maximum Gasteiger partial charge on any atom is 0.410 e. The number of carbonyl (C=O) groups is 2. The van der Waals surface area contributed by atoms with Gasteiger partial charge in [0.2, 0.25) is 5.91 Å². The Labute approximate surface area is 247 Å². The second kappa shape index (κ2) is 10.8. The van der Waals surface area contributed by atoms with Gasteiger partial charge in [0, 0.05) is 50.5 Å². The Morgan fingerprint density at radius 1 is 1.12 bits per heavy atom. The van der Waals surface area contributed by atoms with Gasteiger partial charge in [-0.3, -0.25) is 9.69 Å². The third-order valence-corrected chi connectivity index (χ3v) is 8.83. The van der Waals surface area contributed by atoms with Crippen molar-refractivity contribution in [2.75, 3.05) is 31.5 Å². The lowest BCUT2D eigenvalue weighted by atomic mass is 9.88. The van der Waals surface area contributed by atoms with E-state index < -0.39 is 5.60 Å². The van der Waals surface area contributed by atoms with E-state index in [0.717, 1.165) is 53.1 Å². The number of aromatic amines is 1. The third kappa shape index (κ3) is 5.70. The molecule has 1 aromatic carbocycles. The number of imidazole rings is 1. The molecule has 1 saturated carbocycles. The molecule has 0 unspecified atom stereocenters. The van der Waals surface area contributed by atoms with E-state index in [1.807, 2.05) is 20.8 Å². The van der Waals surface area contributed by atoms with E-state index in [4.69, 9.17) is 15.5 Å². The van der Waals surface area contributed by atoms with Gasteiger partial charge in [0.1, 0.15) is 16.9 Å². The molecule has 10 nitrogen and oxygen atoms in total. The van der Waals surface area contributed by atoms with Crippen LogP contribution in [0.15, 0.2) is 47.1 Å². The molecule has 0 radical (unpaired) electrons. The molecule has 4 atom stereocenters. The number of rotatable bonds is 6. The van der Waals surface area contributed by atoms with Crippen LogP contribution in [-0.4, -0.2) is 74.6 Å². The Kier molecular flexibility index (Phi) is 7.27. The standard InChI is InChI=1S/C30H36BrN7O3/c1-30(2,3)41-29(40)38-12-10-37(11-13-38)16-17-4-6-18(7-5-17)27-35-25-24(21(31)15-33-28(25)36-27)34-23-20-9-8-19(14-20)22(23)26(32)39/h4-9,15,19-20,22-23H,10-14,16H2,1-3H3,(H2,32,39)(H2,33,34,35,36)/t19-,20+,22+,23-/m1/s1.